The number of aromatic nitrogens is 2. The van der Waals surface area contributed by atoms with Crippen molar-refractivity contribution in [2.24, 2.45) is 10.7 Å². The molecule has 0 spiro atoms. The first-order valence-electron chi connectivity index (χ1n) is 12.7. The Morgan fingerprint density at radius 1 is 0.971 bits per heavy atom. The van der Waals surface area contributed by atoms with Gasteiger partial charge in [0.25, 0.3) is 0 Å². The Morgan fingerprint density at radius 3 is 2.17 bits per heavy atom. The number of hydrogen-bond donors (Lipinski definition) is 2. The van der Waals surface area contributed by atoms with Crippen molar-refractivity contribution in [1.29, 1.82) is 5.41 Å². The summed E-state index contributed by atoms with van der Waals surface area (Å²) in [4.78, 5) is 9.09. The number of nitrogens with two attached hydrogens (primary N) is 1. The van der Waals surface area contributed by atoms with E-state index in [-0.39, 0.29) is 5.84 Å². The average Bonchev–Trinajstić information content (AvgIpc) is 3.29. The summed E-state index contributed by atoms with van der Waals surface area (Å²) in [5.74, 6) is 5.09. The van der Waals surface area contributed by atoms with E-state index in [1.165, 1.54) is 0 Å². The lowest BCUT2D eigenvalue weighted by Crippen LogP contribution is -2.43. The minimum absolute atomic E-state index is 0.206. The van der Waals surface area contributed by atoms with E-state index in [0.717, 1.165) is 52.1 Å². The van der Waals surface area contributed by atoms with E-state index in [9.17, 15) is 0 Å². The van der Waals surface area contributed by atoms with Crippen molar-refractivity contribution in [2.45, 2.75) is 78.1 Å². The molecule has 182 valence electrons. The second kappa shape index (κ2) is 9.47. The molecule has 2 heterocycles. The number of nitrogens with one attached hydrogen (secondary N) is 1. The highest BCUT2D eigenvalue weighted by Crippen LogP contribution is 2.40. The van der Waals surface area contributed by atoms with Gasteiger partial charge < -0.3 is 10.3 Å². The molecule has 35 heavy (non-hydrogen) atoms. The van der Waals surface area contributed by atoms with Gasteiger partial charge in [0, 0.05) is 28.8 Å². The molecule has 0 saturated carbocycles. The predicted molar refractivity (Wildman–Crippen MR) is 151 cm³/mol. The minimum Gasteiger partial charge on any atom is -0.383 e. The second-order valence-corrected chi connectivity index (χ2v) is 16.1. The molecule has 0 fully saturated rings. The molecule has 0 saturated heterocycles. The van der Waals surface area contributed by atoms with Crippen LogP contribution in [0, 0.1) is 16.9 Å². The molecule has 4 rings (SSSR count). The SMILES string of the molecule is CCCn1c(-c2ccc(C#C[Si](C(C)C)(C(C)C)C(C)C)cc2)nc2cc3c(cc21)C(N)=NC3=N. The first kappa shape index (κ1) is 24.9. The molecule has 0 radical (unpaired) electrons. The van der Waals surface area contributed by atoms with Crippen molar-refractivity contribution in [3.63, 3.8) is 0 Å². The van der Waals surface area contributed by atoms with E-state index in [4.69, 9.17) is 16.1 Å². The molecule has 1 aliphatic heterocycles. The molecule has 0 aliphatic carbocycles. The number of rotatable bonds is 6. The maximum absolute atomic E-state index is 8.12. The summed E-state index contributed by atoms with van der Waals surface area (Å²) in [6.07, 6.45) is 0.991. The number of nitrogens with zero attached hydrogens (tertiary/aromatic N) is 3. The smallest absolute Gasteiger partial charge is 0.155 e. The molecule has 0 amide bonds. The molecule has 0 bridgehead atoms. The Morgan fingerprint density at radius 2 is 1.60 bits per heavy atom. The Kier molecular flexibility index (Phi) is 6.74. The highest BCUT2D eigenvalue weighted by molar-refractivity contribution is 6.90. The zero-order chi connectivity index (χ0) is 25.5. The Hall–Kier alpha value is -3.17. The third kappa shape index (κ3) is 4.23. The number of aryl methyl sites for hydroxylation is 1. The summed E-state index contributed by atoms with van der Waals surface area (Å²) < 4.78 is 2.25. The second-order valence-electron chi connectivity index (χ2n) is 10.5. The Bertz CT molecular complexity index is 1340. The topological polar surface area (TPSA) is 80.1 Å². The van der Waals surface area contributed by atoms with Gasteiger partial charge in [-0.3, -0.25) is 5.41 Å². The van der Waals surface area contributed by atoms with Crippen LogP contribution >= 0.6 is 0 Å². The van der Waals surface area contributed by atoms with E-state index in [1.54, 1.807) is 0 Å². The Labute approximate surface area is 210 Å². The van der Waals surface area contributed by atoms with Gasteiger partial charge >= 0.3 is 0 Å². The fourth-order valence-electron chi connectivity index (χ4n) is 5.81. The summed E-state index contributed by atoms with van der Waals surface area (Å²) in [6, 6.07) is 12.5. The lowest BCUT2D eigenvalue weighted by atomic mass is 10.1. The van der Waals surface area contributed by atoms with Gasteiger partial charge in [-0.15, -0.1) is 5.54 Å². The van der Waals surface area contributed by atoms with Crippen LogP contribution in [-0.2, 0) is 6.54 Å². The summed E-state index contributed by atoms with van der Waals surface area (Å²) in [5, 5.41) is 8.12. The maximum Gasteiger partial charge on any atom is 0.155 e. The van der Waals surface area contributed by atoms with Crippen molar-refractivity contribution in [2.75, 3.05) is 0 Å². The Balaban J connectivity index is 1.75. The van der Waals surface area contributed by atoms with Gasteiger partial charge in [0.2, 0.25) is 0 Å². The molecule has 6 heteroatoms. The van der Waals surface area contributed by atoms with Crippen LogP contribution in [0.25, 0.3) is 22.4 Å². The maximum atomic E-state index is 8.12. The van der Waals surface area contributed by atoms with Gasteiger partial charge in [-0.25, -0.2) is 9.98 Å². The van der Waals surface area contributed by atoms with Crippen LogP contribution in [0.2, 0.25) is 16.6 Å². The van der Waals surface area contributed by atoms with Crippen LogP contribution in [0.5, 0.6) is 0 Å². The van der Waals surface area contributed by atoms with Crippen LogP contribution in [0.15, 0.2) is 41.4 Å². The number of amidine groups is 2. The highest BCUT2D eigenvalue weighted by atomic mass is 28.3. The highest BCUT2D eigenvalue weighted by Gasteiger charge is 2.41. The molecule has 3 aromatic rings. The summed E-state index contributed by atoms with van der Waals surface area (Å²) >= 11 is 0. The average molecular weight is 484 g/mol. The summed E-state index contributed by atoms with van der Waals surface area (Å²) in [5.41, 5.74) is 17.3. The van der Waals surface area contributed by atoms with Crippen molar-refractivity contribution in [3.05, 3.63) is 53.1 Å². The first-order chi connectivity index (χ1) is 16.6. The fourth-order valence-corrected chi connectivity index (χ4v) is 11.0. The summed E-state index contributed by atoms with van der Waals surface area (Å²) in [7, 11) is -1.76. The van der Waals surface area contributed by atoms with Crippen molar-refractivity contribution in [3.8, 4) is 22.9 Å². The number of aliphatic imine (C=N–C) groups is 1. The molecular formula is C29H37N5Si. The number of fused-ring (bicyclic) bond motifs is 2. The molecular weight excluding hydrogens is 446 g/mol. The molecule has 0 atom stereocenters. The van der Waals surface area contributed by atoms with Crippen LogP contribution in [-0.4, -0.2) is 29.3 Å². The molecule has 3 N–H and O–H groups in total. The standard InChI is InChI=1S/C29H37N5Si/c1-8-14-34-26-17-24-23(27(30)33-28(24)31)16-25(26)32-29(34)22-11-9-21(10-12-22)13-15-35(18(2)3,19(4)5)20(6)7/h9-12,16-20H,8,14H2,1-7H3,(H3,30,31,33). The molecule has 5 nitrogen and oxygen atoms in total. The lowest BCUT2D eigenvalue weighted by molar-refractivity contribution is 0.704. The molecule has 0 unspecified atom stereocenters. The van der Waals surface area contributed by atoms with Crippen LogP contribution in [0.3, 0.4) is 0 Å². The summed E-state index contributed by atoms with van der Waals surface area (Å²) in [6.45, 7) is 17.1. The third-order valence-corrected chi connectivity index (χ3v) is 13.8. The third-order valence-electron chi connectivity index (χ3n) is 7.53. The van der Waals surface area contributed by atoms with Gasteiger partial charge in [0.05, 0.1) is 11.0 Å². The quantitative estimate of drug-likeness (QED) is 0.301. The molecule has 1 aromatic heterocycles. The van der Waals surface area contributed by atoms with Gasteiger partial charge in [-0.05, 0) is 47.3 Å². The number of benzene rings is 2. The monoisotopic (exact) mass is 483 g/mol. The van der Waals surface area contributed by atoms with Crippen LogP contribution in [0.1, 0.15) is 71.6 Å². The molecule has 2 aromatic carbocycles. The van der Waals surface area contributed by atoms with E-state index in [2.05, 4.69) is 93.8 Å². The zero-order valence-electron chi connectivity index (χ0n) is 22.0. The van der Waals surface area contributed by atoms with Gasteiger partial charge in [0.15, 0.2) is 5.84 Å². The van der Waals surface area contributed by atoms with E-state index in [1.807, 2.05) is 12.1 Å². The largest absolute Gasteiger partial charge is 0.383 e. The van der Waals surface area contributed by atoms with Crippen LogP contribution < -0.4 is 5.73 Å². The van der Waals surface area contributed by atoms with Gasteiger partial charge in [0.1, 0.15) is 19.7 Å². The van der Waals surface area contributed by atoms with Crippen molar-refractivity contribution >= 4 is 30.8 Å². The van der Waals surface area contributed by atoms with Gasteiger partial charge in [-0.1, -0.05) is 66.5 Å². The van der Waals surface area contributed by atoms with Crippen molar-refractivity contribution in [1.82, 2.24) is 9.55 Å². The predicted octanol–water partition coefficient (Wildman–Crippen LogP) is 6.73. The fraction of sp³-hybridized carbons (Fsp3) is 0.414. The van der Waals surface area contributed by atoms with E-state index in [0.29, 0.717) is 22.5 Å². The van der Waals surface area contributed by atoms with Crippen molar-refractivity contribution < 1.29 is 0 Å². The van der Waals surface area contributed by atoms with E-state index < -0.39 is 8.07 Å². The first-order valence-corrected chi connectivity index (χ1v) is 14.9. The molecule has 1 aliphatic rings. The number of imidazole rings is 1. The zero-order valence-corrected chi connectivity index (χ0v) is 23.0. The number of hydrogen-bond acceptors (Lipinski definition) is 3. The van der Waals surface area contributed by atoms with Gasteiger partial charge in [-0.2, -0.15) is 0 Å². The lowest BCUT2D eigenvalue weighted by Gasteiger charge is -2.38. The minimum atomic E-state index is -1.76. The van der Waals surface area contributed by atoms with E-state index >= 15 is 0 Å². The van der Waals surface area contributed by atoms with Crippen LogP contribution in [0.4, 0.5) is 0 Å². The normalized spacial score (nSPS) is 13.5.